The minimum absolute atomic E-state index is 0.00603. The molecule has 2 N–H and O–H groups in total. The molecule has 3 aromatic rings. The van der Waals surface area contributed by atoms with Gasteiger partial charge in [0.05, 0.1) is 23.7 Å². The van der Waals surface area contributed by atoms with Crippen molar-refractivity contribution < 1.29 is 14.3 Å². The Labute approximate surface area is 218 Å². The Balaban J connectivity index is 2.16. The summed E-state index contributed by atoms with van der Waals surface area (Å²) in [7, 11) is 0. The summed E-state index contributed by atoms with van der Waals surface area (Å²) in [5.41, 5.74) is 6.04. The minimum atomic E-state index is -0.646. The predicted octanol–water partition coefficient (Wildman–Crippen LogP) is 5.23. The molecule has 0 aliphatic rings. The number of amides is 1. The summed E-state index contributed by atoms with van der Waals surface area (Å²) in [5, 5.41) is 5.10. The van der Waals surface area contributed by atoms with Crippen molar-refractivity contribution in [3.05, 3.63) is 60.0 Å². The summed E-state index contributed by atoms with van der Waals surface area (Å²) in [6.45, 7) is 5.79. The number of fused-ring (bicyclic) bond motifs is 1. The number of nitrogens with two attached hydrogens (primary N) is 1. The molecule has 0 unspecified atom stereocenters. The van der Waals surface area contributed by atoms with Gasteiger partial charge < -0.3 is 15.2 Å². The van der Waals surface area contributed by atoms with Gasteiger partial charge in [0.25, 0.3) is 11.5 Å². The monoisotopic (exact) mass is 612 g/mol. The second kappa shape index (κ2) is 11.3. The normalized spacial score (nSPS) is 12.3. The zero-order valence-corrected chi connectivity index (χ0v) is 22.7. The molecule has 0 aliphatic carbocycles. The number of benzene rings is 2. The molecule has 34 heavy (non-hydrogen) atoms. The first kappa shape index (κ1) is 26.2. The van der Waals surface area contributed by atoms with Gasteiger partial charge in [-0.15, -0.1) is 0 Å². The van der Waals surface area contributed by atoms with Crippen LogP contribution in [0.25, 0.3) is 10.9 Å². The summed E-state index contributed by atoms with van der Waals surface area (Å²) < 4.78 is 13.6. The number of rotatable bonds is 9. The van der Waals surface area contributed by atoms with E-state index in [9.17, 15) is 9.59 Å². The molecule has 1 heterocycles. The average molecular weight is 615 g/mol. The van der Waals surface area contributed by atoms with Crippen molar-refractivity contribution in [1.29, 1.82) is 0 Å². The standard InChI is InChI=1S/C23H23Br2ClN4O4/c1-4-12(3)22-29-16-7-6-14(24)9-15(16)23(32)30(22)28-10-13-8-17(33-5-2)21(20(26)19(13)25)34-11-18(27)31/h6-10,12H,4-5,11H2,1-3H3,(H2,27,31)/t12-/m1/s1. The second-order valence-electron chi connectivity index (χ2n) is 7.41. The lowest BCUT2D eigenvalue weighted by atomic mass is 10.1. The van der Waals surface area contributed by atoms with Crippen molar-refractivity contribution in [1.82, 2.24) is 9.66 Å². The summed E-state index contributed by atoms with van der Waals surface area (Å²) in [4.78, 5) is 29.2. The quantitative estimate of drug-likeness (QED) is 0.332. The molecule has 0 saturated heterocycles. The number of carbonyl (C=O) groups excluding carboxylic acids is 1. The fourth-order valence-corrected chi connectivity index (χ4v) is 4.15. The van der Waals surface area contributed by atoms with Crippen molar-refractivity contribution in [3.63, 3.8) is 0 Å². The smallest absolute Gasteiger partial charge is 0.282 e. The van der Waals surface area contributed by atoms with E-state index in [2.05, 4.69) is 37.0 Å². The van der Waals surface area contributed by atoms with Gasteiger partial charge in [0.15, 0.2) is 18.1 Å². The maximum absolute atomic E-state index is 13.3. The zero-order valence-electron chi connectivity index (χ0n) is 18.8. The van der Waals surface area contributed by atoms with E-state index in [1.54, 1.807) is 25.1 Å². The van der Waals surface area contributed by atoms with Gasteiger partial charge in [-0.25, -0.2) is 4.98 Å². The SMILES string of the molecule is CCOc1cc(C=Nn2c([C@H](C)CC)nc3ccc(Br)cc3c2=O)c(Br)c(Cl)c1OCC(N)=O. The molecule has 0 radical (unpaired) electrons. The number of hydrogen-bond acceptors (Lipinski definition) is 6. The first-order valence-corrected chi connectivity index (χ1v) is 12.5. The third-order valence-electron chi connectivity index (χ3n) is 5.01. The number of aromatic nitrogens is 2. The van der Waals surface area contributed by atoms with E-state index in [1.807, 2.05) is 19.9 Å². The van der Waals surface area contributed by atoms with Crippen molar-refractivity contribution in [2.75, 3.05) is 13.2 Å². The average Bonchev–Trinajstić information content (AvgIpc) is 2.80. The van der Waals surface area contributed by atoms with Gasteiger partial charge in [0.2, 0.25) is 0 Å². The fourth-order valence-electron chi connectivity index (χ4n) is 3.14. The van der Waals surface area contributed by atoms with Crippen LogP contribution in [0.1, 0.15) is 44.5 Å². The highest BCUT2D eigenvalue weighted by atomic mass is 79.9. The zero-order chi connectivity index (χ0) is 25.0. The summed E-state index contributed by atoms with van der Waals surface area (Å²) in [5.74, 6) is 0.392. The first-order chi connectivity index (χ1) is 16.2. The third-order valence-corrected chi connectivity index (χ3v) is 6.95. The highest BCUT2D eigenvalue weighted by Crippen LogP contribution is 2.42. The minimum Gasteiger partial charge on any atom is -0.490 e. The maximum atomic E-state index is 13.3. The number of carbonyl (C=O) groups is 1. The lowest BCUT2D eigenvalue weighted by molar-refractivity contribution is -0.119. The Kier molecular flexibility index (Phi) is 8.72. The van der Waals surface area contributed by atoms with E-state index in [-0.39, 0.29) is 28.9 Å². The Morgan fingerprint density at radius 3 is 2.68 bits per heavy atom. The van der Waals surface area contributed by atoms with E-state index in [0.717, 1.165) is 10.9 Å². The summed E-state index contributed by atoms with van der Waals surface area (Å²) in [6.07, 6.45) is 2.27. The summed E-state index contributed by atoms with van der Waals surface area (Å²) >= 11 is 13.3. The van der Waals surface area contributed by atoms with Gasteiger partial charge in [-0.1, -0.05) is 41.4 Å². The fraction of sp³-hybridized carbons (Fsp3) is 0.304. The van der Waals surface area contributed by atoms with E-state index >= 15 is 0 Å². The molecule has 11 heteroatoms. The number of ether oxygens (including phenoxy) is 2. The Morgan fingerprint density at radius 1 is 1.29 bits per heavy atom. The van der Waals surface area contributed by atoms with E-state index in [1.165, 1.54) is 10.9 Å². The van der Waals surface area contributed by atoms with E-state index < -0.39 is 5.91 Å². The van der Waals surface area contributed by atoms with Crippen LogP contribution in [0.15, 0.2) is 43.1 Å². The van der Waals surface area contributed by atoms with Crippen molar-refractivity contribution in [3.8, 4) is 11.5 Å². The molecule has 3 rings (SSSR count). The molecule has 8 nitrogen and oxygen atoms in total. The number of primary amides is 1. The molecule has 1 atom stereocenters. The van der Waals surface area contributed by atoms with Crippen LogP contribution in [0.2, 0.25) is 5.02 Å². The summed E-state index contributed by atoms with van der Waals surface area (Å²) in [6, 6.07) is 7.02. The Bertz CT molecular complexity index is 1330. The number of nitrogens with zero attached hydrogens (tertiary/aromatic N) is 3. The van der Waals surface area contributed by atoms with Crippen LogP contribution in [0.4, 0.5) is 0 Å². The van der Waals surface area contributed by atoms with Crippen LogP contribution < -0.4 is 20.8 Å². The molecule has 0 aliphatic heterocycles. The molecule has 1 aromatic heterocycles. The van der Waals surface area contributed by atoms with Gasteiger partial charge in [-0.2, -0.15) is 9.78 Å². The van der Waals surface area contributed by atoms with Crippen LogP contribution in [0, 0.1) is 0 Å². The van der Waals surface area contributed by atoms with Crippen LogP contribution in [0.5, 0.6) is 11.5 Å². The molecular formula is C23H23Br2ClN4O4. The Hall–Kier alpha value is -2.43. The highest BCUT2D eigenvalue weighted by Gasteiger charge is 2.19. The van der Waals surface area contributed by atoms with Gasteiger partial charge in [0.1, 0.15) is 10.8 Å². The van der Waals surface area contributed by atoms with Crippen LogP contribution >= 0.6 is 43.5 Å². The van der Waals surface area contributed by atoms with Gasteiger partial charge in [-0.3, -0.25) is 9.59 Å². The maximum Gasteiger partial charge on any atom is 0.282 e. The van der Waals surface area contributed by atoms with Crippen LogP contribution in [-0.4, -0.2) is 35.0 Å². The first-order valence-electron chi connectivity index (χ1n) is 10.5. The third kappa shape index (κ3) is 5.61. The van der Waals surface area contributed by atoms with Crippen LogP contribution in [0.3, 0.4) is 0 Å². The lowest BCUT2D eigenvalue weighted by Gasteiger charge is -2.16. The molecule has 180 valence electrons. The molecule has 0 saturated carbocycles. The van der Waals surface area contributed by atoms with E-state index in [0.29, 0.717) is 39.1 Å². The molecule has 0 bridgehead atoms. The van der Waals surface area contributed by atoms with Gasteiger partial charge in [0, 0.05) is 20.4 Å². The highest BCUT2D eigenvalue weighted by molar-refractivity contribution is 9.10. The molecule has 2 aromatic carbocycles. The number of halogens is 3. The molecule has 1 amide bonds. The van der Waals surface area contributed by atoms with Crippen molar-refractivity contribution in [2.45, 2.75) is 33.1 Å². The lowest BCUT2D eigenvalue weighted by Crippen LogP contribution is -2.23. The largest absolute Gasteiger partial charge is 0.490 e. The van der Waals surface area contributed by atoms with Crippen molar-refractivity contribution >= 4 is 66.5 Å². The molecule has 0 fully saturated rings. The van der Waals surface area contributed by atoms with Gasteiger partial charge in [-0.05, 0) is 53.5 Å². The topological polar surface area (TPSA) is 109 Å². The second-order valence-corrected chi connectivity index (χ2v) is 9.50. The Morgan fingerprint density at radius 2 is 2.03 bits per heavy atom. The number of hydrogen-bond donors (Lipinski definition) is 1. The van der Waals surface area contributed by atoms with Crippen LogP contribution in [-0.2, 0) is 4.79 Å². The molecular weight excluding hydrogens is 592 g/mol. The van der Waals surface area contributed by atoms with Gasteiger partial charge >= 0.3 is 0 Å². The predicted molar refractivity (Wildman–Crippen MR) is 140 cm³/mol. The van der Waals surface area contributed by atoms with Crippen molar-refractivity contribution in [2.24, 2.45) is 10.8 Å². The molecule has 0 spiro atoms. The van der Waals surface area contributed by atoms with E-state index in [4.69, 9.17) is 31.8 Å².